The molecule has 0 spiro atoms. The summed E-state index contributed by atoms with van der Waals surface area (Å²) in [7, 11) is 0. The van der Waals surface area contributed by atoms with E-state index in [0.717, 1.165) is 20.1 Å². The highest BCUT2D eigenvalue weighted by Gasteiger charge is 2.10. The minimum atomic E-state index is -0.118. The van der Waals surface area contributed by atoms with Crippen LogP contribution in [0.15, 0.2) is 45.7 Å². The Labute approximate surface area is 138 Å². The van der Waals surface area contributed by atoms with Crippen molar-refractivity contribution < 1.29 is 4.79 Å². The number of hydrogen-bond donors (Lipinski definition) is 1. The molecule has 0 aliphatic carbocycles. The summed E-state index contributed by atoms with van der Waals surface area (Å²) in [5.74, 6) is 0.421. The van der Waals surface area contributed by atoms with Crippen molar-refractivity contribution in [3.63, 3.8) is 0 Å². The average Bonchev–Trinajstić information content (AvgIpc) is 3.12. The number of pyridine rings is 1. The zero-order valence-corrected chi connectivity index (χ0v) is 14.0. The highest BCUT2D eigenvalue weighted by Crippen LogP contribution is 2.27. The van der Waals surface area contributed by atoms with Crippen LogP contribution in [0, 0.1) is 0 Å². The number of nitrogens with one attached hydrogen (secondary N) is 1. The smallest absolute Gasteiger partial charge is 0.231 e. The molecule has 0 aliphatic heterocycles. The van der Waals surface area contributed by atoms with E-state index >= 15 is 0 Å². The summed E-state index contributed by atoms with van der Waals surface area (Å²) >= 11 is 6.50. The van der Waals surface area contributed by atoms with Crippen LogP contribution in [0.25, 0.3) is 9.88 Å². The van der Waals surface area contributed by atoms with E-state index in [9.17, 15) is 4.79 Å². The van der Waals surface area contributed by atoms with Gasteiger partial charge in [0.2, 0.25) is 5.91 Å². The predicted octanol–water partition coefficient (Wildman–Crippen LogP) is 4.21. The van der Waals surface area contributed by atoms with Gasteiger partial charge in [0.15, 0.2) is 0 Å². The number of anilines is 1. The number of nitrogens with zero attached hydrogens (tertiary/aromatic N) is 2. The molecule has 0 radical (unpaired) electrons. The number of halogens is 1. The fourth-order valence-electron chi connectivity index (χ4n) is 1.70. The normalized spacial score (nSPS) is 10.5. The molecule has 0 aliphatic rings. The van der Waals surface area contributed by atoms with Gasteiger partial charge in [0.25, 0.3) is 0 Å². The lowest BCUT2D eigenvalue weighted by molar-refractivity contribution is -0.115. The van der Waals surface area contributed by atoms with Crippen LogP contribution in [-0.4, -0.2) is 15.9 Å². The third kappa shape index (κ3) is 3.75. The topological polar surface area (TPSA) is 54.9 Å². The maximum absolute atomic E-state index is 12.0. The van der Waals surface area contributed by atoms with Crippen molar-refractivity contribution in [2.24, 2.45) is 0 Å². The second-order valence-corrected chi connectivity index (χ2v) is 6.93. The third-order valence-corrected chi connectivity index (χ3v) is 5.02. The van der Waals surface area contributed by atoms with Crippen molar-refractivity contribution in [1.82, 2.24) is 9.97 Å². The van der Waals surface area contributed by atoms with E-state index in [1.54, 1.807) is 34.9 Å². The minimum Gasteiger partial charge on any atom is -0.310 e. The summed E-state index contributed by atoms with van der Waals surface area (Å²) in [5, 5.41) is 7.65. The first-order valence-electron chi connectivity index (χ1n) is 6.10. The number of rotatable bonds is 4. The summed E-state index contributed by atoms with van der Waals surface area (Å²) in [4.78, 5) is 21.7. The zero-order valence-electron chi connectivity index (χ0n) is 10.7. The molecule has 3 heterocycles. The van der Waals surface area contributed by atoms with Gasteiger partial charge in [-0.15, -0.1) is 22.7 Å². The molecular formula is C14H10BrN3OS2. The SMILES string of the molecule is O=C(Cc1csc(-c2cccs2)n1)Nc1ccc(Br)cn1. The Morgan fingerprint density at radius 2 is 2.19 bits per heavy atom. The Bertz CT molecular complexity index is 738. The van der Waals surface area contributed by atoms with E-state index in [2.05, 4.69) is 31.2 Å². The summed E-state index contributed by atoms with van der Waals surface area (Å²) in [6.45, 7) is 0. The van der Waals surface area contributed by atoms with E-state index in [1.165, 1.54) is 0 Å². The molecule has 7 heteroatoms. The van der Waals surface area contributed by atoms with Gasteiger partial charge in [-0.1, -0.05) is 6.07 Å². The fourth-order valence-corrected chi connectivity index (χ4v) is 3.57. The molecule has 0 saturated heterocycles. The lowest BCUT2D eigenvalue weighted by Gasteiger charge is -2.02. The summed E-state index contributed by atoms with van der Waals surface area (Å²) in [5.41, 5.74) is 0.776. The second-order valence-electron chi connectivity index (χ2n) is 4.21. The Morgan fingerprint density at radius 1 is 1.29 bits per heavy atom. The lowest BCUT2D eigenvalue weighted by Crippen LogP contribution is -2.15. The van der Waals surface area contributed by atoms with E-state index in [4.69, 9.17) is 0 Å². The van der Waals surface area contributed by atoms with Crippen LogP contribution in [0.3, 0.4) is 0 Å². The minimum absolute atomic E-state index is 0.118. The number of thiophene rings is 1. The van der Waals surface area contributed by atoms with Gasteiger partial charge in [-0.25, -0.2) is 9.97 Å². The molecular weight excluding hydrogens is 370 g/mol. The van der Waals surface area contributed by atoms with Crippen molar-refractivity contribution in [3.8, 4) is 9.88 Å². The number of carbonyl (C=O) groups is 1. The number of hydrogen-bond acceptors (Lipinski definition) is 5. The molecule has 3 aromatic rings. The van der Waals surface area contributed by atoms with Crippen molar-refractivity contribution in [2.45, 2.75) is 6.42 Å². The molecule has 0 fully saturated rings. The number of carbonyl (C=O) groups excluding carboxylic acids is 1. The van der Waals surface area contributed by atoms with Crippen molar-refractivity contribution >= 4 is 50.3 Å². The first kappa shape index (κ1) is 14.4. The first-order chi connectivity index (χ1) is 10.2. The van der Waals surface area contributed by atoms with Gasteiger partial charge in [0.05, 0.1) is 17.0 Å². The zero-order chi connectivity index (χ0) is 14.7. The molecule has 0 aromatic carbocycles. The molecule has 0 bridgehead atoms. The van der Waals surface area contributed by atoms with Crippen molar-refractivity contribution in [3.05, 3.63) is 51.4 Å². The van der Waals surface area contributed by atoms with Crippen LogP contribution in [0.2, 0.25) is 0 Å². The Hall–Kier alpha value is -1.57. The molecule has 1 amide bonds. The molecule has 4 nitrogen and oxygen atoms in total. The number of thiazole rings is 1. The number of amides is 1. The van der Waals surface area contributed by atoms with E-state index in [0.29, 0.717) is 5.82 Å². The molecule has 3 aromatic heterocycles. The van der Waals surface area contributed by atoms with E-state index in [1.807, 2.05) is 29.0 Å². The lowest BCUT2D eigenvalue weighted by atomic mass is 10.3. The van der Waals surface area contributed by atoms with Crippen LogP contribution in [-0.2, 0) is 11.2 Å². The fraction of sp³-hybridized carbons (Fsp3) is 0.0714. The van der Waals surface area contributed by atoms with Gasteiger partial charge in [0, 0.05) is 16.0 Å². The van der Waals surface area contributed by atoms with E-state index in [-0.39, 0.29) is 12.3 Å². The quantitative estimate of drug-likeness (QED) is 0.738. The summed E-state index contributed by atoms with van der Waals surface area (Å²) < 4.78 is 0.876. The third-order valence-electron chi connectivity index (χ3n) is 2.62. The highest BCUT2D eigenvalue weighted by atomic mass is 79.9. The van der Waals surface area contributed by atoms with Crippen LogP contribution in [0.1, 0.15) is 5.69 Å². The van der Waals surface area contributed by atoms with Gasteiger partial charge >= 0.3 is 0 Å². The maximum Gasteiger partial charge on any atom is 0.231 e. The van der Waals surface area contributed by atoms with Gasteiger partial charge in [0.1, 0.15) is 10.8 Å². The van der Waals surface area contributed by atoms with Crippen LogP contribution < -0.4 is 5.32 Å². The Balaban J connectivity index is 1.64. The molecule has 0 unspecified atom stereocenters. The molecule has 1 N–H and O–H groups in total. The highest BCUT2D eigenvalue weighted by molar-refractivity contribution is 9.10. The Kier molecular flexibility index (Phi) is 4.42. The molecule has 21 heavy (non-hydrogen) atoms. The molecule has 0 saturated carbocycles. The average molecular weight is 380 g/mol. The molecule has 106 valence electrons. The number of aromatic nitrogens is 2. The van der Waals surface area contributed by atoms with E-state index < -0.39 is 0 Å². The monoisotopic (exact) mass is 379 g/mol. The van der Waals surface area contributed by atoms with Crippen molar-refractivity contribution in [2.75, 3.05) is 5.32 Å². The van der Waals surface area contributed by atoms with Gasteiger partial charge < -0.3 is 5.32 Å². The maximum atomic E-state index is 12.0. The van der Waals surface area contributed by atoms with Crippen LogP contribution in [0.4, 0.5) is 5.82 Å². The second kappa shape index (κ2) is 6.46. The van der Waals surface area contributed by atoms with Crippen LogP contribution >= 0.6 is 38.6 Å². The largest absolute Gasteiger partial charge is 0.310 e. The first-order valence-corrected chi connectivity index (χ1v) is 8.65. The standard InChI is InChI=1S/C14H10BrN3OS2/c15-9-3-4-12(16-7-9)18-13(19)6-10-8-21-14(17-10)11-2-1-5-20-11/h1-5,7-8H,6H2,(H,16,18,19). The van der Waals surface area contributed by atoms with Crippen molar-refractivity contribution in [1.29, 1.82) is 0 Å². The van der Waals surface area contributed by atoms with Gasteiger partial charge in [-0.2, -0.15) is 0 Å². The van der Waals surface area contributed by atoms with Crippen LogP contribution in [0.5, 0.6) is 0 Å². The molecule has 3 rings (SSSR count). The summed E-state index contributed by atoms with van der Waals surface area (Å²) in [6, 6.07) is 7.60. The molecule has 0 atom stereocenters. The predicted molar refractivity (Wildman–Crippen MR) is 89.7 cm³/mol. The van der Waals surface area contributed by atoms with Gasteiger partial charge in [-0.3, -0.25) is 4.79 Å². The van der Waals surface area contributed by atoms with Gasteiger partial charge in [-0.05, 0) is 39.5 Å². The summed E-state index contributed by atoms with van der Waals surface area (Å²) in [6.07, 6.45) is 1.90. The Morgan fingerprint density at radius 3 is 2.90 bits per heavy atom.